The number of benzene rings is 2. The zero-order chi connectivity index (χ0) is 24.5. The molecule has 1 N–H and O–H groups in total. The van der Waals surface area contributed by atoms with Crippen molar-refractivity contribution in [3.8, 4) is 5.75 Å². The number of carbonyl (C=O) groups is 1. The van der Waals surface area contributed by atoms with E-state index in [4.69, 9.17) is 9.84 Å². The number of carboxylic acids is 1. The second kappa shape index (κ2) is 16.5. The molecule has 0 radical (unpaired) electrons. The van der Waals surface area contributed by atoms with Crippen molar-refractivity contribution in [1.82, 2.24) is 4.98 Å². The molecule has 0 aliphatic heterocycles. The van der Waals surface area contributed by atoms with E-state index >= 15 is 0 Å². The molecule has 0 aliphatic rings. The van der Waals surface area contributed by atoms with E-state index in [0.717, 1.165) is 37.1 Å². The van der Waals surface area contributed by atoms with Crippen LogP contribution in [0.4, 0.5) is 0 Å². The van der Waals surface area contributed by atoms with Crippen LogP contribution in [0.25, 0.3) is 0 Å². The quantitative estimate of drug-likeness (QED) is 0.375. The molecule has 0 amide bonds. The molecule has 0 atom stereocenters. The Morgan fingerprint density at radius 1 is 0.970 bits per heavy atom. The largest absolute Gasteiger partial charge is 0.489 e. The van der Waals surface area contributed by atoms with Crippen molar-refractivity contribution in [2.45, 2.75) is 73.3 Å². The standard InChI is InChI=1S/C24H27NO.C3H6O2.C2H6/c1-3-24-19(2)9-6-12-21(24)18-26-23-15-8-11-20(17-23)10-7-14-22-13-4-5-16-25-22;1-2-3(4)5;1-2/h4-6,8-9,11-13,15-17H,3,7,10,14,18H2,1-2H3;2H2,1H3,(H,4,5);1-2H3. The fourth-order valence-electron chi connectivity index (χ4n) is 3.38. The van der Waals surface area contributed by atoms with Gasteiger partial charge in [-0.25, -0.2) is 0 Å². The third-order valence-corrected chi connectivity index (χ3v) is 5.08. The monoisotopic (exact) mass is 449 g/mol. The van der Waals surface area contributed by atoms with Crippen LogP contribution in [-0.4, -0.2) is 16.1 Å². The van der Waals surface area contributed by atoms with E-state index in [1.165, 1.54) is 22.3 Å². The average Bonchev–Trinajstić information content (AvgIpc) is 2.85. The van der Waals surface area contributed by atoms with E-state index in [9.17, 15) is 4.79 Å². The Hall–Kier alpha value is -3.14. The van der Waals surface area contributed by atoms with E-state index in [1.807, 2.05) is 38.2 Å². The minimum absolute atomic E-state index is 0.222. The van der Waals surface area contributed by atoms with Crippen LogP contribution >= 0.6 is 0 Å². The van der Waals surface area contributed by atoms with Crippen molar-refractivity contribution in [2.24, 2.45) is 0 Å². The van der Waals surface area contributed by atoms with Gasteiger partial charge in [0.05, 0.1) is 0 Å². The highest BCUT2D eigenvalue weighted by atomic mass is 16.5. The smallest absolute Gasteiger partial charge is 0.303 e. The van der Waals surface area contributed by atoms with Crippen LogP contribution in [0.5, 0.6) is 5.75 Å². The minimum Gasteiger partial charge on any atom is -0.489 e. The van der Waals surface area contributed by atoms with Gasteiger partial charge < -0.3 is 9.84 Å². The summed E-state index contributed by atoms with van der Waals surface area (Å²) in [5.74, 6) is 0.203. The molecule has 1 heterocycles. The molecule has 33 heavy (non-hydrogen) atoms. The van der Waals surface area contributed by atoms with E-state index in [0.29, 0.717) is 6.61 Å². The first kappa shape index (κ1) is 27.9. The molecule has 0 fully saturated rings. The molecule has 0 saturated carbocycles. The van der Waals surface area contributed by atoms with E-state index in [-0.39, 0.29) is 6.42 Å². The molecular weight excluding hydrogens is 410 g/mol. The fourth-order valence-corrected chi connectivity index (χ4v) is 3.38. The van der Waals surface area contributed by atoms with Crippen LogP contribution in [0.3, 0.4) is 0 Å². The summed E-state index contributed by atoms with van der Waals surface area (Å²) in [7, 11) is 0. The highest BCUT2D eigenvalue weighted by molar-refractivity contribution is 5.66. The number of hydrogen-bond donors (Lipinski definition) is 1. The Kier molecular flexibility index (Phi) is 13.9. The van der Waals surface area contributed by atoms with Crippen LogP contribution in [0.2, 0.25) is 0 Å². The topological polar surface area (TPSA) is 59.4 Å². The highest BCUT2D eigenvalue weighted by Crippen LogP contribution is 2.20. The van der Waals surface area contributed by atoms with Crippen molar-refractivity contribution >= 4 is 5.97 Å². The molecule has 3 rings (SSSR count). The second-order valence-electron chi connectivity index (χ2n) is 7.42. The van der Waals surface area contributed by atoms with Gasteiger partial charge in [-0.05, 0) is 79.1 Å². The number of aryl methyl sites for hydroxylation is 3. The second-order valence-corrected chi connectivity index (χ2v) is 7.42. The van der Waals surface area contributed by atoms with Crippen LogP contribution < -0.4 is 4.74 Å². The third-order valence-electron chi connectivity index (χ3n) is 5.08. The van der Waals surface area contributed by atoms with Crippen LogP contribution in [0.15, 0.2) is 66.9 Å². The van der Waals surface area contributed by atoms with Crippen molar-refractivity contribution in [3.63, 3.8) is 0 Å². The van der Waals surface area contributed by atoms with Gasteiger partial charge in [0.1, 0.15) is 12.4 Å². The summed E-state index contributed by atoms with van der Waals surface area (Å²) in [5, 5.41) is 7.72. The number of ether oxygens (including phenoxy) is 1. The number of aliphatic carboxylic acids is 1. The first-order valence-electron chi connectivity index (χ1n) is 11.9. The van der Waals surface area contributed by atoms with Crippen LogP contribution in [-0.2, 0) is 30.7 Å². The van der Waals surface area contributed by atoms with Gasteiger partial charge in [0.2, 0.25) is 0 Å². The SMILES string of the molecule is CC.CCC(=O)O.CCc1c(C)cccc1COc1cccc(CCCc2ccccn2)c1. The summed E-state index contributed by atoms with van der Waals surface area (Å²) >= 11 is 0. The number of hydrogen-bond acceptors (Lipinski definition) is 3. The lowest BCUT2D eigenvalue weighted by atomic mass is 10.0. The van der Waals surface area contributed by atoms with Gasteiger partial charge in [-0.2, -0.15) is 0 Å². The molecule has 0 saturated heterocycles. The molecular formula is C29H39NO3. The van der Waals surface area contributed by atoms with Gasteiger partial charge in [0.25, 0.3) is 0 Å². The normalized spacial score (nSPS) is 9.73. The fraction of sp³-hybridized carbons (Fsp3) is 0.379. The number of rotatable bonds is 9. The predicted octanol–water partition coefficient (Wildman–Crippen LogP) is 7.21. The van der Waals surface area contributed by atoms with E-state index in [1.54, 1.807) is 6.92 Å². The Balaban J connectivity index is 0.000000689. The molecule has 2 aromatic carbocycles. The molecule has 0 unspecified atom stereocenters. The lowest BCUT2D eigenvalue weighted by molar-refractivity contribution is -0.136. The van der Waals surface area contributed by atoms with Gasteiger partial charge in [-0.3, -0.25) is 9.78 Å². The molecule has 1 aromatic heterocycles. The predicted molar refractivity (Wildman–Crippen MR) is 137 cm³/mol. The first-order chi connectivity index (χ1) is 16.0. The number of pyridine rings is 1. The maximum atomic E-state index is 9.37. The first-order valence-corrected chi connectivity index (χ1v) is 11.9. The third kappa shape index (κ3) is 10.8. The Morgan fingerprint density at radius 3 is 2.33 bits per heavy atom. The Bertz CT molecular complexity index is 939. The van der Waals surface area contributed by atoms with Gasteiger partial charge >= 0.3 is 5.97 Å². The Labute approximate surface area is 199 Å². The van der Waals surface area contributed by atoms with Gasteiger partial charge in [0, 0.05) is 18.3 Å². The van der Waals surface area contributed by atoms with Crippen molar-refractivity contribution in [3.05, 3.63) is 94.8 Å². The lowest BCUT2D eigenvalue weighted by Gasteiger charge is -2.13. The van der Waals surface area contributed by atoms with Gasteiger partial charge in [-0.1, -0.05) is 64.1 Å². The summed E-state index contributed by atoms with van der Waals surface area (Å²) in [4.78, 5) is 13.8. The number of carboxylic acid groups (broad SMARTS) is 1. The van der Waals surface area contributed by atoms with Crippen molar-refractivity contribution in [2.75, 3.05) is 0 Å². The number of aromatic nitrogens is 1. The number of nitrogens with zero attached hydrogens (tertiary/aromatic N) is 1. The van der Waals surface area contributed by atoms with Crippen molar-refractivity contribution < 1.29 is 14.6 Å². The lowest BCUT2D eigenvalue weighted by Crippen LogP contribution is -2.02. The molecule has 4 nitrogen and oxygen atoms in total. The summed E-state index contributed by atoms with van der Waals surface area (Å²) in [6.45, 7) is 10.6. The molecule has 3 aromatic rings. The summed E-state index contributed by atoms with van der Waals surface area (Å²) in [5.41, 5.74) is 6.51. The summed E-state index contributed by atoms with van der Waals surface area (Å²) in [6.07, 6.45) is 6.27. The molecule has 4 heteroatoms. The minimum atomic E-state index is -0.745. The van der Waals surface area contributed by atoms with Gasteiger partial charge in [-0.15, -0.1) is 0 Å². The molecule has 178 valence electrons. The molecule has 0 spiro atoms. The summed E-state index contributed by atoms with van der Waals surface area (Å²) < 4.78 is 6.08. The van der Waals surface area contributed by atoms with Crippen LogP contribution in [0, 0.1) is 6.92 Å². The maximum absolute atomic E-state index is 9.37. The molecule has 0 aliphatic carbocycles. The summed E-state index contributed by atoms with van der Waals surface area (Å²) in [6, 6.07) is 21.0. The zero-order valence-electron chi connectivity index (χ0n) is 20.8. The van der Waals surface area contributed by atoms with E-state index < -0.39 is 5.97 Å². The van der Waals surface area contributed by atoms with E-state index in [2.05, 4.69) is 61.3 Å². The maximum Gasteiger partial charge on any atom is 0.303 e. The van der Waals surface area contributed by atoms with Gasteiger partial charge in [0.15, 0.2) is 0 Å². The molecule has 0 bridgehead atoms. The average molecular weight is 450 g/mol. The van der Waals surface area contributed by atoms with Crippen molar-refractivity contribution in [1.29, 1.82) is 0 Å². The van der Waals surface area contributed by atoms with Crippen LogP contribution in [0.1, 0.15) is 68.5 Å². The zero-order valence-corrected chi connectivity index (χ0v) is 20.8. The Morgan fingerprint density at radius 2 is 1.70 bits per heavy atom. The highest BCUT2D eigenvalue weighted by Gasteiger charge is 2.05.